The average Bonchev–Trinajstić information content (AvgIpc) is 2.49. The van der Waals surface area contributed by atoms with E-state index in [4.69, 9.17) is 17.3 Å². The number of fused-ring (bicyclic) bond motifs is 1. The number of nitrogens with zero attached hydrogens (tertiary/aromatic N) is 1. The third-order valence-electron chi connectivity index (χ3n) is 4.32. The van der Waals surface area contributed by atoms with Crippen molar-refractivity contribution in [3.05, 3.63) is 69.7 Å². The molecule has 0 saturated carbocycles. The van der Waals surface area contributed by atoms with E-state index < -0.39 is 0 Å². The lowest BCUT2D eigenvalue weighted by atomic mass is 9.93. The normalized spacial score (nSPS) is 18.5. The zero-order chi connectivity index (χ0) is 14.8. The van der Waals surface area contributed by atoms with Gasteiger partial charge >= 0.3 is 0 Å². The summed E-state index contributed by atoms with van der Waals surface area (Å²) < 4.78 is 0. The van der Waals surface area contributed by atoms with Gasteiger partial charge in [0.15, 0.2) is 0 Å². The first-order chi connectivity index (χ1) is 10.2. The molecule has 2 aromatic rings. The quantitative estimate of drug-likeness (QED) is 0.939. The van der Waals surface area contributed by atoms with E-state index in [2.05, 4.69) is 48.2 Å². The third-order valence-corrected chi connectivity index (χ3v) is 4.67. The van der Waals surface area contributed by atoms with Gasteiger partial charge in [0.2, 0.25) is 0 Å². The summed E-state index contributed by atoms with van der Waals surface area (Å²) in [6.45, 7) is 4.55. The van der Waals surface area contributed by atoms with Crippen LogP contribution in [0.4, 0.5) is 0 Å². The van der Waals surface area contributed by atoms with E-state index in [-0.39, 0.29) is 0 Å². The van der Waals surface area contributed by atoms with Crippen molar-refractivity contribution in [3.8, 4) is 0 Å². The van der Waals surface area contributed by atoms with Gasteiger partial charge in [-0.05, 0) is 41.7 Å². The summed E-state index contributed by atoms with van der Waals surface area (Å²) >= 11 is 6.38. The number of halogens is 1. The minimum absolute atomic E-state index is 0.386. The first-order valence-corrected chi connectivity index (χ1v) is 7.81. The SMILES string of the molecule is Cc1ccc(CN2Cc3ccccc3CC2CN)c(Cl)c1. The lowest BCUT2D eigenvalue weighted by molar-refractivity contribution is 0.167. The Bertz CT molecular complexity index is 639. The number of hydrogen-bond donors (Lipinski definition) is 1. The first kappa shape index (κ1) is 14.6. The fraction of sp³-hybridized carbons (Fsp3) is 0.333. The molecule has 1 heterocycles. The van der Waals surface area contributed by atoms with E-state index in [1.807, 2.05) is 6.07 Å². The van der Waals surface area contributed by atoms with E-state index >= 15 is 0 Å². The van der Waals surface area contributed by atoms with Crippen LogP contribution in [0.3, 0.4) is 0 Å². The van der Waals surface area contributed by atoms with Crippen molar-refractivity contribution in [2.24, 2.45) is 5.73 Å². The van der Waals surface area contributed by atoms with Gasteiger partial charge in [-0.15, -0.1) is 0 Å². The van der Waals surface area contributed by atoms with Gasteiger partial charge in [-0.1, -0.05) is 48.0 Å². The first-order valence-electron chi connectivity index (χ1n) is 7.43. The highest BCUT2D eigenvalue weighted by atomic mass is 35.5. The summed E-state index contributed by atoms with van der Waals surface area (Å²) in [6.07, 6.45) is 1.02. The number of rotatable bonds is 3. The summed E-state index contributed by atoms with van der Waals surface area (Å²) in [6, 6.07) is 15.3. The Kier molecular flexibility index (Phi) is 4.29. The summed E-state index contributed by atoms with van der Waals surface area (Å²) in [5.41, 5.74) is 11.2. The number of benzene rings is 2. The zero-order valence-electron chi connectivity index (χ0n) is 12.3. The zero-order valence-corrected chi connectivity index (χ0v) is 13.1. The Morgan fingerprint density at radius 2 is 1.95 bits per heavy atom. The monoisotopic (exact) mass is 300 g/mol. The van der Waals surface area contributed by atoms with Crippen LogP contribution in [0.25, 0.3) is 0 Å². The van der Waals surface area contributed by atoms with Gasteiger partial charge in [-0.25, -0.2) is 0 Å². The van der Waals surface area contributed by atoms with Crippen LogP contribution in [0.5, 0.6) is 0 Å². The minimum atomic E-state index is 0.386. The predicted molar refractivity (Wildman–Crippen MR) is 88.4 cm³/mol. The molecule has 3 rings (SSSR count). The van der Waals surface area contributed by atoms with Crippen LogP contribution >= 0.6 is 11.6 Å². The molecule has 2 aromatic carbocycles. The van der Waals surface area contributed by atoms with Crippen molar-refractivity contribution in [1.82, 2.24) is 4.90 Å². The molecule has 1 aliphatic heterocycles. The van der Waals surface area contributed by atoms with Crippen molar-refractivity contribution in [3.63, 3.8) is 0 Å². The van der Waals surface area contributed by atoms with Crippen LogP contribution in [0.1, 0.15) is 22.3 Å². The third kappa shape index (κ3) is 3.13. The Hall–Kier alpha value is -1.35. The van der Waals surface area contributed by atoms with E-state index in [9.17, 15) is 0 Å². The molecule has 0 spiro atoms. The van der Waals surface area contributed by atoms with Crippen LogP contribution in [-0.2, 0) is 19.5 Å². The second-order valence-corrected chi connectivity index (χ2v) is 6.27. The molecule has 21 heavy (non-hydrogen) atoms. The smallest absolute Gasteiger partial charge is 0.0453 e. The van der Waals surface area contributed by atoms with Crippen molar-refractivity contribution >= 4 is 11.6 Å². The van der Waals surface area contributed by atoms with Crippen molar-refractivity contribution in [2.45, 2.75) is 32.5 Å². The van der Waals surface area contributed by atoms with Crippen molar-refractivity contribution in [2.75, 3.05) is 6.54 Å². The molecular formula is C18H21ClN2. The van der Waals surface area contributed by atoms with Gasteiger partial charge in [0.1, 0.15) is 0 Å². The molecule has 110 valence electrons. The highest BCUT2D eigenvalue weighted by Gasteiger charge is 2.25. The van der Waals surface area contributed by atoms with Crippen LogP contribution in [0.2, 0.25) is 5.02 Å². The Labute approximate surface area is 131 Å². The average molecular weight is 301 g/mol. The molecule has 3 heteroatoms. The van der Waals surface area contributed by atoms with E-state index in [0.717, 1.165) is 24.5 Å². The maximum atomic E-state index is 6.38. The molecule has 0 saturated heterocycles. The summed E-state index contributed by atoms with van der Waals surface area (Å²) in [4.78, 5) is 2.44. The van der Waals surface area contributed by atoms with Crippen molar-refractivity contribution in [1.29, 1.82) is 0 Å². The van der Waals surface area contributed by atoms with E-state index in [0.29, 0.717) is 12.6 Å². The summed E-state index contributed by atoms with van der Waals surface area (Å²) in [5, 5.41) is 0.852. The number of aryl methyl sites for hydroxylation is 1. The maximum absolute atomic E-state index is 6.38. The molecule has 2 nitrogen and oxygen atoms in total. The topological polar surface area (TPSA) is 29.3 Å². The highest BCUT2D eigenvalue weighted by Crippen LogP contribution is 2.27. The standard InChI is InChI=1S/C18H21ClN2/c1-13-6-7-16(18(19)8-13)12-21-11-15-5-3-2-4-14(15)9-17(21)10-20/h2-8,17H,9-12,20H2,1H3. The van der Waals surface area contributed by atoms with Gasteiger partial charge < -0.3 is 5.73 Å². The number of hydrogen-bond acceptors (Lipinski definition) is 2. The lowest BCUT2D eigenvalue weighted by Gasteiger charge is -2.36. The molecule has 0 bridgehead atoms. The molecule has 0 fully saturated rings. The second-order valence-electron chi connectivity index (χ2n) is 5.86. The largest absolute Gasteiger partial charge is 0.329 e. The molecule has 0 radical (unpaired) electrons. The van der Waals surface area contributed by atoms with Gasteiger partial charge in [-0.2, -0.15) is 0 Å². The fourth-order valence-corrected chi connectivity index (χ4v) is 3.35. The van der Waals surface area contributed by atoms with Crippen LogP contribution in [0, 0.1) is 6.92 Å². The van der Waals surface area contributed by atoms with Crippen LogP contribution < -0.4 is 5.73 Å². The van der Waals surface area contributed by atoms with Gasteiger partial charge in [0.05, 0.1) is 0 Å². The Morgan fingerprint density at radius 3 is 2.67 bits per heavy atom. The maximum Gasteiger partial charge on any atom is 0.0453 e. The molecule has 0 amide bonds. The fourth-order valence-electron chi connectivity index (χ4n) is 3.06. The molecule has 1 unspecified atom stereocenters. The summed E-state index contributed by atoms with van der Waals surface area (Å²) in [5.74, 6) is 0. The molecule has 2 N–H and O–H groups in total. The highest BCUT2D eigenvalue weighted by molar-refractivity contribution is 6.31. The van der Waals surface area contributed by atoms with E-state index in [1.54, 1.807) is 0 Å². The minimum Gasteiger partial charge on any atom is -0.329 e. The van der Waals surface area contributed by atoms with Gasteiger partial charge in [0.25, 0.3) is 0 Å². The molecule has 0 aromatic heterocycles. The Balaban J connectivity index is 1.84. The molecule has 1 atom stereocenters. The van der Waals surface area contributed by atoms with Gasteiger partial charge in [0, 0.05) is 30.7 Å². The summed E-state index contributed by atoms with van der Waals surface area (Å²) in [7, 11) is 0. The predicted octanol–water partition coefficient (Wildman–Crippen LogP) is 3.53. The molecule has 1 aliphatic rings. The second kappa shape index (κ2) is 6.18. The number of nitrogens with two attached hydrogens (primary N) is 1. The van der Waals surface area contributed by atoms with Crippen LogP contribution in [0.15, 0.2) is 42.5 Å². The molecule has 0 aliphatic carbocycles. The lowest BCUT2D eigenvalue weighted by Crippen LogP contribution is -2.44. The van der Waals surface area contributed by atoms with Crippen LogP contribution in [-0.4, -0.2) is 17.5 Å². The Morgan fingerprint density at radius 1 is 1.19 bits per heavy atom. The van der Waals surface area contributed by atoms with Gasteiger partial charge in [-0.3, -0.25) is 4.90 Å². The molecular weight excluding hydrogens is 280 g/mol. The van der Waals surface area contributed by atoms with Crippen molar-refractivity contribution < 1.29 is 0 Å². The van der Waals surface area contributed by atoms with E-state index in [1.165, 1.54) is 22.3 Å².